The van der Waals surface area contributed by atoms with Crippen molar-refractivity contribution in [2.45, 2.75) is 13.8 Å². The van der Waals surface area contributed by atoms with Gasteiger partial charge in [-0.1, -0.05) is 0 Å². The summed E-state index contributed by atoms with van der Waals surface area (Å²) < 4.78 is 0. The normalized spacial score (nSPS) is 18.5. The van der Waals surface area contributed by atoms with Gasteiger partial charge in [-0.25, -0.2) is 0 Å². The van der Waals surface area contributed by atoms with Gasteiger partial charge in [0, 0.05) is 0 Å². The van der Waals surface area contributed by atoms with Gasteiger partial charge in [-0.2, -0.15) is 0 Å². The van der Waals surface area contributed by atoms with E-state index in [-0.39, 0.29) is 11.6 Å². The lowest BCUT2D eigenvalue weighted by molar-refractivity contribution is -0.132. The molecule has 3 heteroatoms. The second kappa shape index (κ2) is 2.93. The number of hydrogen-bond acceptors (Lipinski definition) is 3. The first-order valence-corrected chi connectivity index (χ1v) is 3.73. The Morgan fingerprint density at radius 1 is 1.08 bits per heavy atom. The molecule has 0 atom stereocenters. The van der Waals surface area contributed by atoms with Gasteiger partial charge in [0.1, 0.15) is 5.41 Å². The molecule has 0 radical (unpaired) electrons. The van der Waals surface area contributed by atoms with Gasteiger partial charge in [0.15, 0.2) is 11.6 Å². The third kappa shape index (κ3) is 1.18. The summed E-state index contributed by atoms with van der Waals surface area (Å²) in [6.45, 7) is 2.84. The summed E-state index contributed by atoms with van der Waals surface area (Å²) in [5, 5.41) is 2.78. The van der Waals surface area contributed by atoms with Gasteiger partial charge in [-0.05, 0) is 38.4 Å². The van der Waals surface area contributed by atoms with Crippen LogP contribution in [0.1, 0.15) is 13.8 Å². The quantitative estimate of drug-likeness (QED) is 0.615. The van der Waals surface area contributed by atoms with Crippen molar-refractivity contribution in [3.8, 4) is 0 Å². The third-order valence-electron chi connectivity index (χ3n) is 2.05. The molecule has 0 aromatic rings. The van der Waals surface area contributed by atoms with E-state index < -0.39 is 5.41 Å². The van der Waals surface area contributed by atoms with E-state index in [0.29, 0.717) is 0 Å². The number of carbonyl (C=O) groups excluding carboxylic acids is 2. The van der Waals surface area contributed by atoms with E-state index in [4.69, 9.17) is 0 Å². The molecule has 0 fully saturated rings. The molecular weight excluding hydrogens is 154 g/mol. The van der Waals surface area contributed by atoms with Crippen LogP contribution in [0.15, 0.2) is 24.6 Å². The van der Waals surface area contributed by atoms with Crippen LogP contribution in [0, 0.1) is 5.41 Å². The van der Waals surface area contributed by atoms with Crippen LogP contribution in [0.2, 0.25) is 0 Å². The SMILES string of the molecule is CC(=O)C1(C(C)=O)C=CNC=C1. The molecule has 0 aromatic heterocycles. The Morgan fingerprint density at radius 3 is 1.75 bits per heavy atom. The Balaban J connectivity index is 3.10. The Hall–Kier alpha value is -1.38. The highest BCUT2D eigenvalue weighted by Crippen LogP contribution is 2.25. The van der Waals surface area contributed by atoms with Gasteiger partial charge in [-0.15, -0.1) is 0 Å². The van der Waals surface area contributed by atoms with Crippen molar-refractivity contribution in [3.63, 3.8) is 0 Å². The van der Waals surface area contributed by atoms with Crippen molar-refractivity contribution in [2.24, 2.45) is 5.41 Å². The summed E-state index contributed by atoms with van der Waals surface area (Å²) in [6.07, 6.45) is 6.36. The highest BCUT2D eigenvalue weighted by molar-refractivity contribution is 6.09. The zero-order valence-corrected chi connectivity index (χ0v) is 7.13. The zero-order chi connectivity index (χ0) is 9.19. The molecule has 0 spiro atoms. The predicted molar refractivity (Wildman–Crippen MR) is 45.2 cm³/mol. The van der Waals surface area contributed by atoms with E-state index in [1.165, 1.54) is 13.8 Å². The first-order chi connectivity index (χ1) is 5.59. The van der Waals surface area contributed by atoms with E-state index >= 15 is 0 Å². The van der Waals surface area contributed by atoms with E-state index in [2.05, 4.69) is 5.32 Å². The molecule has 0 bridgehead atoms. The maximum Gasteiger partial charge on any atom is 0.151 e. The first kappa shape index (κ1) is 8.71. The summed E-state index contributed by atoms with van der Waals surface area (Å²) in [4.78, 5) is 22.4. The largest absolute Gasteiger partial charge is 0.368 e. The molecule has 1 rings (SSSR count). The van der Waals surface area contributed by atoms with Crippen LogP contribution in [0.25, 0.3) is 0 Å². The third-order valence-corrected chi connectivity index (χ3v) is 2.05. The summed E-state index contributed by atoms with van der Waals surface area (Å²) >= 11 is 0. The molecule has 12 heavy (non-hydrogen) atoms. The van der Waals surface area contributed by atoms with Crippen molar-refractivity contribution in [1.29, 1.82) is 0 Å². The first-order valence-electron chi connectivity index (χ1n) is 3.73. The number of nitrogens with one attached hydrogen (secondary N) is 1. The molecule has 1 aliphatic rings. The van der Waals surface area contributed by atoms with Crippen LogP contribution < -0.4 is 5.32 Å². The second-order valence-electron chi connectivity index (χ2n) is 2.81. The summed E-state index contributed by atoms with van der Waals surface area (Å²) in [5.74, 6) is -0.298. The molecule has 0 aromatic carbocycles. The van der Waals surface area contributed by atoms with Crippen molar-refractivity contribution < 1.29 is 9.59 Å². The maximum absolute atomic E-state index is 11.2. The van der Waals surface area contributed by atoms with Gasteiger partial charge in [0.05, 0.1) is 0 Å². The number of allylic oxidation sites excluding steroid dienone is 2. The molecule has 0 aliphatic carbocycles. The van der Waals surface area contributed by atoms with E-state index in [0.717, 1.165) is 0 Å². The fourth-order valence-corrected chi connectivity index (χ4v) is 1.19. The van der Waals surface area contributed by atoms with Crippen molar-refractivity contribution in [2.75, 3.05) is 0 Å². The van der Waals surface area contributed by atoms with Crippen molar-refractivity contribution in [1.82, 2.24) is 5.32 Å². The average molecular weight is 165 g/mol. The Morgan fingerprint density at radius 2 is 1.50 bits per heavy atom. The molecule has 1 aliphatic heterocycles. The number of rotatable bonds is 2. The van der Waals surface area contributed by atoms with Crippen LogP contribution in [-0.4, -0.2) is 11.6 Å². The van der Waals surface area contributed by atoms with Gasteiger partial charge >= 0.3 is 0 Å². The average Bonchev–Trinajstić information content (AvgIpc) is 2.05. The van der Waals surface area contributed by atoms with E-state index in [1.54, 1.807) is 24.6 Å². The fourth-order valence-electron chi connectivity index (χ4n) is 1.19. The van der Waals surface area contributed by atoms with Gasteiger partial charge in [-0.3, -0.25) is 9.59 Å². The fraction of sp³-hybridized carbons (Fsp3) is 0.333. The molecule has 0 amide bonds. The molecule has 1 N–H and O–H groups in total. The second-order valence-corrected chi connectivity index (χ2v) is 2.81. The van der Waals surface area contributed by atoms with Crippen LogP contribution in [-0.2, 0) is 9.59 Å². The van der Waals surface area contributed by atoms with Crippen LogP contribution in [0.4, 0.5) is 0 Å². The number of Topliss-reactive ketones (excluding diaryl/α,β-unsaturated/α-hetero) is 2. The number of carbonyl (C=O) groups is 2. The monoisotopic (exact) mass is 165 g/mol. The Kier molecular flexibility index (Phi) is 2.13. The molecule has 64 valence electrons. The lowest BCUT2D eigenvalue weighted by atomic mass is 9.79. The topological polar surface area (TPSA) is 46.2 Å². The Bertz CT molecular complexity index is 248. The number of dihydropyridines is 1. The molecule has 0 saturated carbocycles. The molecule has 3 nitrogen and oxygen atoms in total. The van der Waals surface area contributed by atoms with Crippen LogP contribution in [0.5, 0.6) is 0 Å². The van der Waals surface area contributed by atoms with Crippen LogP contribution in [0.3, 0.4) is 0 Å². The lowest BCUT2D eigenvalue weighted by Gasteiger charge is -2.22. The molecule has 1 heterocycles. The number of hydrogen-bond donors (Lipinski definition) is 1. The predicted octanol–water partition coefficient (Wildman–Crippen LogP) is 0.781. The molecule has 0 unspecified atom stereocenters. The highest BCUT2D eigenvalue weighted by Gasteiger charge is 2.35. The molecular formula is C9H11NO2. The smallest absolute Gasteiger partial charge is 0.151 e. The minimum atomic E-state index is -1.02. The summed E-state index contributed by atoms with van der Waals surface area (Å²) in [5.41, 5.74) is -1.02. The Labute approximate surface area is 71.1 Å². The maximum atomic E-state index is 11.2. The summed E-state index contributed by atoms with van der Waals surface area (Å²) in [7, 11) is 0. The molecule has 0 saturated heterocycles. The number of ketones is 2. The standard InChI is InChI=1S/C9H11NO2/c1-7(11)9(8(2)12)3-5-10-6-4-9/h3-6,10H,1-2H3. The van der Waals surface area contributed by atoms with Gasteiger partial charge in [0.25, 0.3) is 0 Å². The minimum absolute atomic E-state index is 0.149. The summed E-state index contributed by atoms with van der Waals surface area (Å²) in [6, 6.07) is 0. The minimum Gasteiger partial charge on any atom is -0.368 e. The lowest BCUT2D eigenvalue weighted by Crippen LogP contribution is -2.34. The zero-order valence-electron chi connectivity index (χ0n) is 7.13. The van der Waals surface area contributed by atoms with Crippen LogP contribution >= 0.6 is 0 Å². The highest BCUT2D eigenvalue weighted by atomic mass is 16.2. The van der Waals surface area contributed by atoms with Crippen molar-refractivity contribution in [3.05, 3.63) is 24.6 Å². The van der Waals surface area contributed by atoms with Crippen molar-refractivity contribution >= 4 is 11.6 Å². The van der Waals surface area contributed by atoms with E-state index in [1.807, 2.05) is 0 Å². The van der Waals surface area contributed by atoms with Gasteiger partial charge < -0.3 is 5.32 Å². The van der Waals surface area contributed by atoms with E-state index in [9.17, 15) is 9.59 Å². The van der Waals surface area contributed by atoms with Gasteiger partial charge in [0.2, 0.25) is 0 Å².